The molecule has 3 heteroatoms. The molecule has 0 aromatic carbocycles. The first-order chi connectivity index (χ1) is 13.0. The number of hydrogen-bond donors (Lipinski definition) is 0. The molecule has 0 rings (SSSR count). The van der Waals surface area contributed by atoms with E-state index in [1.54, 1.807) is 0 Å². The van der Waals surface area contributed by atoms with Crippen molar-refractivity contribution in [2.75, 3.05) is 0 Å². The zero-order valence-electron chi connectivity index (χ0n) is 19.6. The van der Waals surface area contributed by atoms with Gasteiger partial charge in [-0.05, 0) is 0 Å². The molecule has 27 heavy (non-hydrogen) atoms. The molecule has 0 saturated carbocycles. The third-order valence-electron chi connectivity index (χ3n) is 6.90. The van der Waals surface area contributed by atoms with Crippen molar-refractivity contribution in [3.8, 4) is 0 Å². The van der Waals surface area contributed by atoms with Gasteiger partial charge in [0.25, 0.3) is 0 Å². The molecule has 0 aliphatic heterocycles. The summed E-state index contributed by atoms with van der Waals surface area (Å²) in [4.78, 5) is 0. The summed E-state index contributed by atoms with van der Waals surface area (Å²) in [5.41, 5.74) is 0. The first-order valence-corrected chi connectivity index (χ1v) is 18.2. The summed E-state index contributed by atoms with van der Waals surface area (Å²) < 4.78 is 1.96. The molecule has 0 aromatic rings. The summed E-state index contributed by atoms with van der Waals surface area (Å²) in [6, 6.07) is 5.89. The number of unbranched alkanes of at least 4 members (excludes halogenated alkanes) is 4. The van der Waals surface area contributed by atoms with Crippen molar-refractivity contribution in [2.24, 2.45) is 0 Å². The van der Waals surface area contributed by atoms with E-state index in [0.29, 0.717) is 3.43 Å². The summed E-state index contributed by atoms with van der Waals surface area (Å²) in [7, 11) is -0.948. The number of allylic oxidation sites excluding steroid dienone is 1. The van der Waals surface area contributed by atoms with Gasteiger partial charge in [-0.2, -0.15) is 0 Å². The quantitative estimate of drug-likeness (QED) is 0.125. The fourth-order valence-corrected chi connectivity index (χ4v) is 14.1. The molecule has 0 N–H and O–H groups in total. The van der Waals surface area contributed by atoms with Gasteiger partial charge in [-0.15, -0.1) is 0 Å². The molecule has 0 atom stereocenters. The second-order valence-corrected chi connectivity index (χ2v) is 20.9. The van der Waals surface area contributed by atoms with Gasteiger partial charge in [0, 0.05) is 0 Å². The summed E-state index contributed by atoms with van der Waals surface area (Å²) in [5.74, 6) is 0. The minimum absolute atomic E-state index is 0.633. The van der Waals surface area contributed by atoms with E-state index in [-0.39, 0.29) is 0 Å². The molecule has 0 fully saturated rings. The van der Waals surface area contributed by atoms with Crippen molar-refractivity contribution in [3.05, 3.63) is 9.12 Å². The molecule has 0 saturated heterocycles. The molecule has 2 radical (unpaired) electrons. The van der Waals surface area contributed by atoms with E-state index in [1.807, 2.05) is 0 Å². The zero-order valence-corrected chi connectivity index (χ0v) is 24.2. The third-order valence-corrected chi connectivity index (χ3v) is 18.5. The van der Waals surface area contributed by atoms with Crippen LogP contribution >= 0.6 is 11.6 Å². The van der Waals surface area contributed by atoms with Crippen LogP contribution < -0.4 is 0 Å². The van der Waals surface area contributed by atoms with Crippen LogP contribution in [0.3, 0.4) is 0 Å². The molecule has 0 aliphatic rings. The Hall–Kier alpha value is 1.05. The van der Waals surface area contributed by atoms with Gasteiger partial charge in [-0.25, -0.2) is 0 Å². The molecule has 0 heterocycles. The Bertz CT molecular complexity index is 347. The van der Waals surface area contributed by atoms with Crippen LogP contribution in [0.2, 0.25) is 27.6 Å². The Labute approximate surface area is 188 Å². The van der Waals surface area contributed by atoms with Crippen LogP contribution in [0.15, 0.2) is 9.12 Å². The first kappa shape index (κ1) is 28.0. The van der Waals surface area contributed by atoms with Crippen molar-refractivity contribution in [2.45, 2.75) is 140 Å². The molecule has 0 nitrogen and oxygen atoms in total. The van der Waals surface area contributed by atoms with Crippen molar-refractivity contribution in [1.29, 1.82) is 0 Å². The van der Waals surface area contributed by atoms with Crippen molar-refractivity contribution >= 4 is 40.8 Å². The SMILES string of the molecule is CCCC[C](CCCC)(CCCC)[Sn]/[C](Cl)=C\CCC[Si](CC)(CC)CC. The molecular weight excluding hydrogens is 471 g/mol. The van der Waals surface area contributed by atoms with E-state index < -0.39 is 29.2 Å². The van der Waals surface area contributed by atoms with Crippen molar-refractivity contribution < 1.29 is 0 Å². The van der Waals surface area contributed by atoms with Gasteiger partial charge in [-0.3, -0.25) is 0 Å². The molecule has 0 amide bonds. The number of halogens is 1. The Morgan fingerprint density at radius 1 is 0.778 bits per heavy atom. The molecular formula is C24H49ClSiSn. The maximum absolute atomic E-state index is 6.90. The predicted molar refractivity (Wildman–Crippen MR) is 132 cm³/mol. The van der Waals surface area contributed by atoms with Crippen LogP contribution in [-0.2, 0) is 0 Å². The summed E-state index contributed by atoms with van der Waals surface area (Å²) in [6.45, 7) is 14.3. The first-order valence-electron chi connectivity index (χ1n) is 12.1. The molecule has 0 spiro atoms. The second-order valence-electron chi connectivity index (χ2n) is 8.72. The van der Waals surface area contributed by atoms with Crippen LogP contribution in [0.1, 0.15) is 112 Å². The van der Waals surface area contributed by atoms with Crippen LogP contribution in [0.25, 0.3) is 0 Å². The summed E-state index contributed by atoms with van der Waals surface area (Å²) in [5, 5.41) is 0. The molecule has 0 unspecified atom stereocenters. The van der Waals surface area contributed by atoms with Gasteiger partial charge in [0.2, 0.25) is 0 Å². The van der Waals surface area contributed by atoms with Gasteiger partial charge < -0.3 is 0 Å². The fraction of sp³-hybridized carbons (Fsp3) is 0.917. The normalized spacial score (nSPS) is 13.4. The van der Waals surface area contributed by atoms with E-state index in [1.165, 1.54) is 97.9 Å². The molecule has 0 bridgehead atoms. The predicted octanol–water partition coefficient (Wildman–Crippen LogP) is 9.79. The zero-order chi connectivity index (χ0) is 20.6. The van der Waals surface area contributed by atoms with Gasteiger partial charge in [-0.1, -0.05) is 0 Å². The summed E-state index contributed by atoms with van der Waals surface area (Å²) >= 11 is 6.21. The van der Waals surface area contributed by atoms with E-state index >= 15 is 0 Å². The third kappa shape index (κ3) is 11.7. The number of rotatable bonds is 18. The number of hydrogen-bond acceptors (Lipinski definition) is 0. The minimum atomic E-state index is -0.948. The van der Waals surface area contributed by atoms with E-state index in [9.17, 15) is 0 Å². The van der Waals surface area contributed by atoms with Gasteiger partial charge in [0.05, 0.1) is 0 Å². The second kappa shape index (κ2) is 16.8. The average molecular weight is 520 g/mol. The molecule has 160 valence electrons. The van der Waals surface area contributed by atoms with Crippen molar-refractivity contribution in [3.63, 3.8) is 0 Å². The molecule has 0 aromatic heterocycles. The maximum atomic E-state index is 6.90. The summed E-state index contributed by atoms with van der Waals surface area (Å²) in [6.07, 6.45) is 17.6. The van der Waals surface area contributed by atoms with Gasteiger partial charge in [0.1, 0.15) is 0 Å². The Kier molecular flexibility index (Phi) is 17.5. The van der Waals surface area contributed by atoms with Crippen LogP contribution in [0.4, 0.5) is 0 Å². The standard InChI is InChI=1S/C13H27.C11H22ClSi.Sn/c1-4-7-10-13(11-8-5-2)12-9-6-3;1-4-13(5-2,6-3)11-9-7-8-10-12;/h4-12H2,1-3H3;8H,4-7,9,11H2,1-3H3;. The van der Waals surface area contributed by atoms with Gasteiger partial charge >= 0.3 is 190 Å². The van der Waals surface area contributed by atoms with E-state index in [4.69, 9.17) is 11.6 Å². The van der Waals surface area contributed by atoms with Gasteiger partial charge in [0.15, 0.2) is 0 Å². The monoisotopic (exact) mass is 520 g/mol. The van der Waals surface area contributed by atoms with Crippen LogP contribution in [0.5, 0.6) is 0 Å². The van der Waals surface area contributed by atoms with E-state index in [2.05, 4.69) is 47.6 Å². The van der Waals surface area contributed by atoms with Crippen molar-refractivity contribution in [1.82, 2.24) is 0 Å². The topological polar surface area (TPSA) is 0 Å². The Morgan fingerprint density at radius 2 is 1.22 bits per heavy atom. The van der Waals surface area contributed by atoms with E-state index in [0.717, 1.165) is 0 Å². The Morgan fingerprint density at radius 3 is 1.59 bits per heavy atom. The average Bonchev–Trinajstić information content (AvgIpc) is 2.69. The molecule has 0 aliphatic carbocycles. The fourth-order valence-electron chi connectivity index (χ4n) is 4.40. The van der Waals surface area contributed by atoms with Crippen LogP contribution in [0, 0.1) is 0 Å². The Balaban J connectivity index is 4.87. The van der Waals surface area contributed by atoms with Crippen LogP contribution in [-0.4, -0.2) is 29.2 Å².